The Bertz CT molecular complexity index is 1580. The molecule has 7 rings (SSSR count). The van der Waals surface area contributed by atoms with Crippen LogP contribution in [0.15, 0.2) is 34.9 Å². The highest BCUT2D eigenvalue weighted by atomic mass is 32.1. The lowest BCUT2D eigenvalue weighted by molar-refractivity contribution is 0.0147. The number of aromatic nitrogens is 2. The van der Waals surface area contributed by atoms with Crippen molar-refractivity contribution in [2.75, 3.05) is 12.0 Å². The van der Waals surface area contributed by atoms with Crippen LogP contribution in [0.4, 0.5) is 18.3 Å². The number of benzene rings is 2. The van der Waals surface area contributed by atoms with E-state index in [0.717, 1.165) is 49.7 Å². The van der Waals surface area contributed by atoms with Gasteiger partial charge in [0.2, 0.25) is 0 Å². The standard InChI is InChI=1S/C29H26F3N3O4S/c1-37-28(36)15-9-22(32)26-23(10-15)40-29(33-26)35-16-7-8-17(35)12-18(11-16)38-13-19-25(34-39-27(19)14-5-6-14)24-20(30)3-2-4-21(24)31/h2-4,9-10,14,16-18H,5-8,11-13H2,1H3/t16-,17?,18?/m0/s1. The van der Waals surface area contributed by atoms with Gasteiger partial charge in [0, 0.05) is 23.6 Å². The summed E-state index contributed by atoms with van der Waals surface area (Å²) in [6.45, 7) is 0.158. The molecule has 3 atom stereocenters. The molecule has 2 bridgehead atoms. The van der Waals surface area contributed by atoms with Gasteiger partial charge in [-0.15, -0.1) is 0 Å². The Balaban J connectivity index is 1.10. The van der Waals surface area contributed by atoms with E-state index in [-0.39, 0.29) is 53.0 Å². The van der Waals surface area contributed by atoms with Gasteiger partial charge in [0.1, 0.15) is 28.6 Å². The Morgan fingerprint density at radius 2 is 1.80 bits per heavy atom. The molecule has 11 heteroatoms. The van der Waals surface area contributed by atoms with Crippen molar-refractivity contribution in [2.45, 2.75) is 69.2 Å². The van der Waals surface area contributed by atoms with Crippen LogP contribution in [0.1, 0.15) is 66.1 Å². The largest absolute Gasteiger partial charge is 0.465 e. The van der Waals surface area contributed by atoms with Crippen molar-refractivity contribution in [3.63, 3.8) is 0 Å². The maximum Gasteiger partial charge on any atom is 0.338 e. The van der Waals surface area contributed by atoms with Crippen LogP contribution in [-0.4, -0.2) is 41.4 Å². The first-order chi connectivity index (χ1) is 19.4. The molecule has 2 aliphatic heterocycles. The third-order valence-corrected chi connectivity index (χ3v) is 9.21. The molecule has 40 heavy (non-hydrogen) atoms. The maximum absolute atomic E-state index is 14.8. The summed E-state index contributed by atoms with van der Waals surface area (Å²) < 4.78 is 61.3. The van der Waals surface area contributed by atoms with Gasteiger partial charge in [-0.2, -0.15) is 0 Å². The highest BCUT2D eigenvalue weighted by molar-refractivity contribution is 7.22. The van der Waals surface area contributed by atoms with Gasteiger partial charge in [-0.3, -0.25) is 0 Å². The number of fused-ring (bicyclic) bond motifs is 3. The minimum atomic E-state index is -0.686. The highest BCUT2D eigenvalue weighted by Gasteiger charge is 2.43. The molecule has 4 heterocycles. The van der Waals surface area contributed by atoms with Crippen LogP contribution in [0.2, 0.25) is 0 Å². The average molecular weight is 570 g/mol. The average Bonchev–Trinajstić information content (AvgIpc) is 3.46. The molecule has 208 valence electrons. The Morgan fingerprint density at radius 1 is 1.07 bits per heavy atom. The number of anilines is 1. The molecule has 0 spiro atoms. The topological polar surface area (TPSA) is 77.7 Å². The fourth-order valence-electron chi connectivity index (χ4n) is 6.15. The molecular weight excluding hydrogens is 543 g/mol. The molecule has 3 fully saturated rings. The molecule has 0 N–H and O–H groups in total. The molecule has 2 aromatic heterocycles. The highest BCUT2D eigenvalue weighted by Crippen LogP contribution is 2.46. The van der Waals surface area contributed by atoms with Crippen LogP contribution in [0.5, 0.6) is 0 Å². The quantitative estimate of drug-likeness (QED) is 0.228. The fourth-order valence-corrected chi connectivity index (χ4v) is 7.31. The first kappa shape index (κ1) is 25.5. The Kier molecular flexibility index (Phi) is 6.31. The van der Waals surface area contributed by atoms with Crippen molar-refractivity contribution in [3.8, 4) is 11.3 Å². The number of piperidine rings is 1. The lowest BCUT2D eigenvalue weighted by atomic mass is 10.00. The van der Waals surface area contributed by atoms with Gasteiger partial charge in [0.15, 0.2) is 10.9 Å². The summed E-state index contributed by atoms with van der Waals surface area (Å²) in [6, 6.07) is 6.87. The molecule has 3 aliphatic rings. The summed E-state index contributed by atoms with van der Waals surface area (Å²) in [7, 11) is 1.27. The van der Waals surface area contributed by atoms with Crippen LogP contribution in [0, 0.1) is 17.5 Å². The van der Waals surface area contributed by atoms with E-state index in [4.69, 9.17) is 14.0 Å². The Labute approximate surface area is 231 Å². The molecule has 4 aromatic rings. The zero-order chi connectivity index (χ0) is 27.5. The van der Waals surface area contributed by atoms with Gasteiger partial charge >= 0.3 is 5.97 Å². The summed E-state index contributed by atoms with van der Waals surface area (Å²) >= 11 is 1.37. The third kappa shape index (κ3) is 4.35. The predicted octanol–water partition coefficient (Wildman–Crippen LogP) is 6.75. The molecule has 2 aromatic carbocycles. The smallest absolute Gasteiger partial charge is 0.338 e. The molecular formula is C29H26F3N3O4S. The third-order valence-electron chi connectivity index (χ3n) is 8.20. The number of thiazole rings is 1. The molecule has 7 nitrogen and oxygen atoms in total. The maximum atomic E-state index is 14.8. The van der Waals surface area contributed by atoms with Crippen LogP contribution in [0.25, 0.3) is 21.5 Å². The van der Waals surface area contributed by atoms with Crippen molar-refractivity contribution in [2.24, 2.45) is 0 Å². The first-order valence-electron chi connectivity index (χ1n) is 13.4. The van der Waals surface area contributed by atoms with E-state index in [1.165, 1.54) is 36.6 Å². The molecule has 0 amide bonds. The summed E-state index contributed by atoms with van der Waals surface area (Å²) in [5.41, 5.74) is 1.00. The number of hydrogen-bond donors (Lipinski definition) is 0. The van der Waals surface area contributed by atoms with Gasteiger partial charge in [0.25, 0.3) is 0 Å². The number of rotatable bonds is 7. The molecule has 0 radical (unpaired) electrons. The van der Waals surface area contributed by atoms with E-state index in [0.29, 0.717) is 16.0 Å². The van der Waals surface area contributed by atoms with E-state index in [1.54, 1.807) is 6.07 Å². The summed E-state index contributed by atoms with van der Waals surface area (Å²) in [5.74, 6) is -1.66. The summed E-state index contributed by atoms with van der Waals surface area (Å²) in [5, 5.41) is 4.80. The van der Waals surface area contributed by atoms with E-state index in [1.807, 2.05) is 0 Å². The monoisotopic (exact) mass is 569 g/mol. The second-order valence-corrected chi connectivity index (χ2v) is 11.7. The SMILES string of the molecule is COC(=O)c1cc(F)c2nc(N3C4CC[C@H]3CC(OCc3c(-c5c(F)cccc5F)noc3C3CC3)C4)sc2c1. The number of ether oxygens (including phenoxy) is 2. The molecule has 2 unspecified atom stereocenters. The van der Waals surface area contributed by atoms with E-state index in [9.17, 15) is 18.0 Å². The van der Waals surface area contributed by atoms with Crippen LogP contribution >= 0.6 is 11.3 Å². The van der Waals surface area contributed by atoms with Crippen LogP contribution in [0.3, 0.4) is 0 Å². The zero-order valence-corrected chi connectivity index (χ0v) is 22.5. The number of nitrogens with zero attached hydrogens (tertiary/aromatic N) is 3. The first-order valence-corrected chi connectivity index (χ1v) is 14.2. The normalized spacial score (nSPS) is 22.3. The number of halogens is 3. The van der Waals surface area contributed by atoms with E-state index < -0.39 is 23.4 Å². The second-order valence-electron chi connectivity index (χ2n) is 10.7. The van der Waals surface area contributed by atoms with Crippen molar-refractivity contribution >= 4 is 32.7 Å². The molecule has 1 saturated carbocycles. The van der Waals surface area contributed by atoms with Gasteiger partial charge in [-0.1, -0.05) is 22.6 Å². The van der Waals surface area contributed by atoms with Crippen molar-refractivity contribution in [3.05, 3.63) is 64.7 Å². The number of carbonyl (C=O) groups is 1. The molecule has 1 aliphatic carbocycles. The second kappa shape index (κ2) is 9.88. The van der Waals surface area contributed by atoms with Gasteiger partial charge in [-0.25, -0.2) is 22.9 Å². The van der Waals surface area contributed by atoms with Crippen molar-refractivity contribution in [1.82, 2.24) is 10.1 Å². The summed E-state index contributed by atoms with van der Waals surface area (Å²) in [4.78, 5) is 18.8. The minimum Gasteiger partial charge on any atom is -0.465 e. The van der Waals surface area contributed by atoms with Crippen molar-refractivity contribution < 1.29 is 32.0 Å². The van der Waals surface area contributed by atoms with E-state index >= 15 is 0 Å². The van der Waals surface area contributed by atoms with Crippen molar-refractivity contribution in [1.29, 1.82) is 0 Å². The van der Waals surface area contributed by atoms with Crippen LogP contribution in [-0.2, 0) is 16.1 Å². The zero-order valence-electron chi connectivity index (χ0n) is 21.7. The van der Waals surface area contributed by atoms with Gasteiger partial charge < -0.3 is 18.9 Å². The fraction of sp³-hybridized carbons (Fsp3) is 0.414. The van der Waals surface area contributed by atoms with E-state index in [2.05, 4.69) is 15.0 Å². The number of methoxy groups -OCH3 is 1. The lowest BCUT2D eigenvalue weighted by Gasteiger charge is -2.38. The number of hydrogen-bond acceptors (Lipinski definition) is 8. The minimum absolute atomic E-state index is 0.0638. The number of carbonyl (C=O) groups excluding carboxylic acids is 1. The van der Waals surface area contributed by atoms with Gasteiger partial charge in [0.05, 0.1) is 35.6 Å². The van der Waals surface area contributed by atoms with Gasteiger partial charge in [-0.05, 0) is 62.8 Å². The lowest BCUT2D eigenvalue weighted by Crippen LogP contribution is -2.45. The Morgan fingerprint density at radius 3 is 2.48 bits per heavy atom. The predicted molar refractivity (Wildman–Crippen MR) is 142 cm³/mol. The Hall–Kier alpha value is -3.44. The van der Waals surface area contributed by atoms with Crippen LogP contribution < -0.4 is 4.90 Å². The molecule has 2 saturated heterocycles. The summed E-state index contributed by atoms with van der Waals surface area (Å²) in [6.07, 6.45) is 5.25. The number of esters is 1.